The lowest BCUT2D eigenvalue weighted by Gasteiger charge is -2.04. The first-order valence-electron chi connectivity index (χ1n) is 8.38. The van der Waals surface area contributed by atoms with Crippen LogP contribution in [-0.2, 0) is 12.8 Å². The fourth-order valence-corrected chi connectivity index (χ4v) is 2.55. The molecule has 0 fully saturated rings. The second kappa shape index (κ2) is 11.6. The zero-order valence-electron chi connectivity index (χ0n) is 13.2. The first-order chi connectivity index (χ1) is 9.86. The van der Waals surface area contributed by atoms with Crippen LogP contribution in [0, 0.1) is 12.3 Å². The molecule has 0 aliphatic rings. The van der Waals surface area contributed by atoms with E-state index in [1.807, 2.05) is 0 Å². The minimum Gasteiger partial charge on any atom is -0.120 e. The number of aryl methyl sites for hydroxylation is 2. The molecule has 0 heteroatoms. The Bertz CT molecular complexity index is 366. The normalized spacial score (nSPS) is 10.4. The van der Waals surface area contributed by atoms with Gasteiger partial charge in [-0.2, -0.15) is 0 Å². The Balaban J connectivity index is 2.06. The molecule has 0 heterocycles. The van der Waals surface area contributed by atoms with Crippen molar-refractivity contribution in [3.8, 4) is 12.3 Å². The maximum atomic E-state index is 5.29. The monoisotopic (exact) mass is 270 g/mol. The van der Waals surface area contributed by atoms with Gasteiger partial charge >= 0.3 is 0 Å². The Kier molecular flexibility index (Phi) is 9.76. The third-order valence-electron chi connectivity index (χ3n) is 3.90. The van der Waals surface area contributed by atoms with Gasteiger partial charge in [0, 0.05) is 6.42 Å². The van der Waals surface area contributed by atoms with Crippen molar-refractivity contribution >= 4 is 0 Å². The number of terminal acetylenes is 1. The van der Waals surface area contributed by atoms with Gasteiger partial charge in [0.15, 0.2) is 0 Å². The average Bonchev–Trinajstić information content (AvgIpc) is 2.49. The van der Waals surface area contributed by atoms with Gasteiger partial charge in [0.1, 0.15) is 0 Å². The van der Waals surface area contributed by atoms with Gasteiger partial charge in [-0.25, -0.2) is 0 Å². The molecule has 0 N–H and O–H groups in total. The van der Waals surface area contributed by atoms with E-state index in [0.717, 1.165) is 12.8 Å². The van der Waals surface area contributed by atoms with E-state index >= 15 is 0 Å². The maximum absolute atomic E-state index is 5.29. The van der Waals surface area contributed by atoms with E-state index < -0.39 is 0 Å². The predicted octanol–water partition coefficient (Wildman–Crippen LogP) is 5.94. The molecule has 0 radical (unpaired) electrons. The topological polar surface area (TPSA) is 0 Å². The molecular formula is C20H30. The molecule has 0 spiro atoms. The molecule has 0 amide bonds. The van der Waals surface area contributed by atoms with Crippen LogP contribution >= 0.6 is 0 Å². The summed E-state index contributed by atoms with van der Waals surface area (Å²) >= 11 is 0. The van der Waals surface area contributed by atoms with Gasteiger partial charge in [-0.05, 0) is 30.4 Å². The molecule has 1 rings (SSSR count). The molecule has 0 nitrogen and oxygen atoms in total. The summed E-state index contributed by atoms with van der Waals surface area (Å²) in [5.41, 5.74) is 2.84. The molecule has 0 aliphatic heterocycles. The summed E-state index contributed by atoms with van der Waals surface area (Å²) in [4.78, 5) is 0. The largest absolute Gasteiger partial charge is 0.120 e. The van der Waals surface area contributed by atoms with Crippen LogP contribution in [0.25, 0.3) is 0 Å². The molecule has 0 bridgehead atoms. The van der Waals surface area contributed by atoms with Crippen molar-refractivity contribution in [1.82, 2.24) is 0 Å². The lowest BCUT2D eigenvalue weighted by molar-refractivity contribution is 0.575. The second-order valence-electron chi connectivity index (χ2n) is 5.75. The minimum atomic E-state index is 0.845. The first-order valence-corrected chi connectivity index (χ1v) is 8.38. The van der Waals surface area contributed by atoms with Gasteiger partial charge in [0.05, 0.1) is 0 Å². The van der Waals surface area contributed by atoms with Gasteiger partial charge in [0.25, 0.3) is 0 Å². The Morgan fingerprint density at radius 1 is 0.750 bits per heavy atom. The zero-order chi connectivity index (χ0) is 14.5. The number of hydrogen-bond donors (Lipinski definition) is 0. The van der Waals surface area contributed by atoms with Crippen LogP contribution in [-0.4, -0.2) is 0 Å². The lowest BCUT2D eigenvalue weighted by atomic mass is 10.0. The molecule has 1 aromatic rings. The molecule has 20 heavy (non-hydrogen) atoms. The highest BCUT2D eigenvalue weighted by atomic mass is 14.0. The number of unbranched alkanes of at least 4 members (excludes halogenated alkanes) is 7. The Morgan fingerprint density at radius 2 is 1.25 bits per heavy atom. The molecule has 0 atom stereocenters. The highest BCUT2D eigenvalue weighted by molar-refractivity contribution is 5.23. The van der Waals surface area contributed by atoms with Gasteiger partial charge < -0.3 is 0 Å². The van der Waals surface area contributed by atoms with Gasteiger partial charge in [-0.1, -0.05) is 76.1 Å². The van der Waals surface area contributed by atoms with Crippen molar-refractivity contribution in [2.45, 2.75) is 77.6 Å². The molecule has 0 unspecified atom stereocenters. The van der Waals surface area contributed by atoms with Crippen molar-refractivity contribution in [1.29, 1.82) is 0 Å². The van der Waals surface area contributed by atoms with E-state index in [1.54, 1.807) is 0 Å². The molecule has 0 saturated heterocycles. The van der Waals surface area contributed by atoms with Gasteiger partial charge in [0.2, 0.25) is 0 Å². The molecule has 0 aliphatic carbocycles. The van der Waals surface area contributed by atoms with Gasteiger partial charge in [-0.15, -0.1) is 12.3 Å². The maximum Gasteiger partial charge on any atom is 0.0127 e. The van der Waals surface area contributed by atoms with E-state index in [0.29, 0.717) is 0 Å². The Labute approximate surface area is 126 Å². The van der Waals surface area contributed by atoms with Crippen molar-refractivity contribution < 1.29 is 0 Å². The minimum absolute atomic E-state index is 0.845. The van der Waals surface area contributed by atoms with E-state index in [4.69, 9.17) is 6.42 Å². The highest BCUT2D eigenvalue weighted by Gasteiger charge is 1.96. The van der Waals surface area contributed by atoms with Crippen LogP contribution < -0.4 is 0 Å². The second-order valence-corrected chi connectivity index (χ2v) is 5.75. The smallest absolute Gasteiger partial charge is 0.0127 e. The Hall–Kier alpha value is -1.22. The molecule has 0 saturated carbocycles. The van der Waals surface area contributed by atoms with Crippen molar-refractivity contribution in [2.24, 2.45) is 0 Å². The summed E-state index contributed by atoms with van der Waals surface area (Å²) < 4.78 is 0. The van der Waals surface area contributed by atoms with Crippen LogP contribution in [0.2, 0.25) is 0 Å². The summed E-state index contributed by atoms with van der Waals surface area (Å²) in [5, 5.41) is 0. The fraction of sp³-hybridized carbons (Fsp3) is 0.600. The van der Waals surface area contributed by atoms with Gasteiger partial charge in [-0.3, -0.25) is 0 Å². The van der Waals surface area contributed by atoms with E-state index in [9.17, 15) is 0 Å². The van der Waals surface area contributed by atoms with Crippen molar-refractivity contribution in [2.75, 3.05) is 0 Å². The van der Waals surface area contributed by atoms with Crippen LogP contribution in [0.3, 0.4) is 0 Å². The molecule has 110 valence electrons. The first kappa shape index (κ1) is 16.8. The van der Waals surface area contributed by atoms with Crippen LogP contribution in [0.15, 0.2) is 24.3 Å². The standard InChI is InChI=1S/C20H30/c1-3-5-7-8-9-10-11-12-14-20-17-15-19(16-18-20)13-6-4-2/h2,15-18H,3,5-14H2,1H3. The lowest BCUT2D eigenvalue weighted by Crippen LogP contribution is -1.89. The summed E-state index contributed by atoms with van der Waals surface area (Å²) in [6, 6.07) is 9.01. The molecular weight excluding hydrogens is 240 g/mol. The Morgan fingerprint density at radius 3 is 1.80 bits per heavy atom. The molecule has 1 aromatic carbocycles. The zero-order valence-corrected chi connectivity index (χ0v) is 13.2. The highest BCUT2D eigenvalue weighted by Crippen LogP contribution is 2.12. The van der Waals surface area contributed by atoms with Crippen molar-refractivity contribution in [3.63, 3.8) is 0 Å². The number of hydrogen-bond acceptors (Lipinski definition) is 0. The quantitative estimate of drug-likeness (QED) is 0.345. The van der Waals surface area contributed by atoms with Crippen LogP contribution in [0.1, 0.15) is 75.8 Å². The van der Waals surface area contributed by atoms with E-state index in [-0.39, 0.29) is 0 Å². The summed E-state index contributed by atoms with van der Waals surface area (Å²) in [6.45, 7) is 2.28. The fourth-order valence-electron chi connectivity index (χ4n) is 2.55. The summed E-state index contributed by atoms with van der Waals surface area (Å²) in [6.07, 6.45) is 19.5. The van der Waals surface area contributed by atoms with Crippen molar-refractivity contribution in [3.05, 3.63) is 35.4 Å². The SMILES string of the molecule is C#CCCc1ccc(CCCCCCCCCC)cc1. The van der Waals surface area contributed by atoms with Crippen LogP contribution in [0.4, 0.5) is 0 Å². The number of benzene rings is 1. The summed E-state index contributed by atoms with van der Waals surface area (Å²) in [7, 11) is 0. The third kappa shape index (κ3) is 8.05. The average molecular weight is 270 g/mol. The van der Waals surface area contributed by atoms with E-state index in [1.165, 1.54) is 68.9 Å². The summed E-state index contributed by atoms with van der Waals surface area (Å²) in [5.74, 6) is 2.70. The number of rotatable bonds is 11. The van der Waals surface area contributed by atoms with Crippen LogP contribution in [0.5, 0.6) is 0 Å². The predicted molar refractivity (Wildman–Crippen MR) is 89.9 cm³/mol. The third-order valence-corrected chi connectivity index (χ3v) is 3.90. The van der Waals surface area contributed by atoms with E-state index in [2.05, 4.69) is 37.1 Å². The molecule has 0 aromatic heterocycles.